The Morgan fingerprint density at radius 1 is 1.00 bits per heavy atom. The van der Waals surface area contributed by atoms with Gasteiger partial charge in [-0.25, -0.2) is 5.01 Å². The van der Waals surface area contributed by atoms with Crippen LogP contribution < -0.4 is 23.7 Å². The number of nitrogens with zero attached hydrogens (tertiary/aromatic N) is 2. The largest absolute Gasteiger partial charge is 0.493 e. The molecule has 0 bridgehead atoms. The van der Waals surface area contributed by atoms with E-state index in [1.807, 2.05) is 48.3 Å². The van der Waals surface area contributed by atoms with Gasteiger partial charge in [0.25, 0.3) is 0 Å². The van der Waals surface area contributed by atoms with Gasteiger partial charge in [-0.2, -0.15) is 5.10 Å². The van der Waals surface area contributed by atoms with Crippen molar-refractivity contribution >= 4 is 5.71 Å². The zero-order valence-corrected chi connectivity index (χ0v) is 19.0. The quantitative estimate of drug-likeness (QED) is 0.504. The second kappa shape index (κ2) is 8.61. The molecular formula is C25H26N2O6. The Morgan fingerprint density at radius 3 is 2.42 bits per heavy atom. The first-order valence-corrected chi connectivity index (χ1v) is 10.8. The molecule has 8 nitrogen and oxygen atoms in total. The maximum absolute atomic E-state index is 6.57. The third kappa shape index (κ3) is 3.51. The van der Waals surface area contributed by atoms with Gasteiger partial charge in [0.1, 0.15) is 11.5 Å². The molecule has 0 fully saturated rings. The molecule has 0 unspecified atom stereocenters. The number of furan rings is 1. The number of ether oxygens (including phenoxy) is 5. The van der Waals surface area contributed by atoms with Crippen LogP contribution in [0.2, 0.25) is 0 Å². The van der Waals surface area contributed by atoms with Gasteiger partial charge >= 0.3 is 0 Å². The summed E-state index contributed by atoms with van der Waals surface area (Å²) in [5.74, 6) is 3.78. The highest BCUT2D eigenvalue weighted by Gasteiger charge is 2.43. The summed E-state index contributed by atoms with van der Waals surface area (Å²) in [5.41, 5.74) is 2.70. The highest BCUT2D eigenvalue weighted by atomic mass is 16.5. The first-order valence-electron chi connectivity index (χ1n) is 10.8. The SMILES string of the molecule is CCOc1cccc2c1O[C@@H](c1cc(OC)c(OC)c(OC)c1)N1N=C(c3ccco3)C[C@@H]21. The zero-order chi connectivity index (χ0) is 22.9. The monoisotopic (exact) mass is 450 g/mol. The Kier molecular flexibility index (Phi) is 5.50. The first kappa shape index (κ1) is 21.1. The van der Waals surface area contributed by atoms with Crippen molar-refractivity contribution in [2.24, 2.45) is 5.10 Å². The molecule has 2 atom stereocenters. The van der Waals surface area contributed by atoms with Gasteiger partial charge in [0.2, 0.25) is 12.0 Å². The minimum atomic E-state index is -0.537. The van der Waals surface area contributed by atoms with Crippen molar-refractivity contribution in [3.63, 3.8) is 0 Å². The van der Waals surface area contributed by atoms with Gasteiger partial charge in [-0.3, -0.25) is 0 Å². The van der Waals surface area contributed by atoms with Crippen molar-refractivity contribution in [2.75, 3.05) is 27.9 Å². The van der Waals surface area contributed by atoms with E-state index in [-0.39, 0.29) is 6.04 Å². The lowest BCUT2D eigenvalue weighted by molar-refractivity contribution is -0.0214. The maximum Gasteiger partial charge on any atom is 0.214 e. The molecule has 0 radical (unpaired) electrons. The van der Waals surface area contributed by atoms with Crippen molar-refractivity contribution < 1.29 is 28.1 Å². The molecule has 2 aromatic carbocycles. The molecule has 0 saturated carbocycles. The maximum atomic E-state index is 6.57. The van der Waals surface area contributed by atoms with Gasteiger partial charge in [0.05, 0.1) is 40.2 Å². The Bertz CT molecular complexity index is 1150. The number of hydrogen-bond donors (Lipinski definition) is 0. The molecule has 33 heavy (non-hydrogen) atoms. The number of hydrogen-bond acceptors (Lipinski definition) is 8. The smallest absolute Gasteiger partial charge is 0.214 e. The standard InChI is InChI=1S/C25H26N2O6/c1-5-31-20-9-6-8-16-18-14-17(19-10-7-11-32-19)26-27(18)25(33-23(16)20)15-12-21(28-2)24(30-4)22(13-15)29-3/h6-13,18,25H,5,14H2,1-4H3/t18-,25-/m0/s1. The van der Waals surface area contributed by atoms with Crippen molar-refractivity contribution in [1.29, 1.82) is 0 Å². The summed E-state index contributed by atoms with van der Waals surface area (Å²) in [7, 11) is 4.77. The molecule has 3 aromatic rings. The van der Waals surface area contributed by atoms with Gasteiger partial charge in [0.15, 0.2) is 23.0 Å². The summed E-state index contributed by atoms with van der Waals surface area (Å²) in [6, 6.07) is 13.5. The molecule has 0 spiro atoms. The van der Waals surface area contributed by atoms with Crippen LogP contribution in [-0.2, 0) is 0 Å². The Labute approximate surface area is 192 Å². The Morgan fingerprint density at radius 2 is 1.79 bits per heavy atom. The lowest BCUT2D eigenvalue weighted by Crippen LogP contribution is -2.34. The van der Waals surface area contributed by atoms with Gasteiger partial charge < -0.3 is 28.1 Å². The summed E-state index contributed by atoms with van der Waals surface area (Å²) in [4.78, 5) is 0. The lowest BCUT2D eigenvalue weighted by atomic mass is 9.97. The highest BCUT2D eigenvalue weighted by molar-refractivity contribution is 5.99. The summed E-state index contributed by atoms with van der Waals surface area (Å²) in [6.07, 6.45) is 1.80. The van der Waals surface area contributed by atoms with Crippen LogP contribution in [0.5, 0.6) is 28.7 Å². The fourth-order valence-electron chi connectivity index (χ4n) is 4.41. The highest BCUT2D eigenvalue weighted by Crippen LogP contribution is 2.52. The van der Waals surface area contributed by atoms with Gasteiger partial charge in [-0.05, 0) is 37.3 Å². The summed E-state index contributed by atoms with van der Waals surface area (Å²) in [5, 5.41) is 6.88. The van der Waals surface area contributed by atoms with Crippen molar-refractivity contribution in [2.45, 2.75) is 25.6 Å². The molecule has 1 aromatic heterocycles. The minimum absolute atomic E-state index is 0.0432. The fraction of sp³-hybridized carbons (Fsp3) is 0.320. The summed E-state index contributed by atoms with van der Waals surface area (Å²) >= 11 is 0. The number of rotatable bonds is 7. The van der Waals surface area contributed by atoms with Gasteiger partial charge in [-0.1, -0.05) is 12.1 Å². The predicted molar refractivity (Wildman–Crippen MR) is 122 cm³/mol. The number of fused-ring (bicyclic) bond motifs is 3. The van der Waals surface area contributed by atoms with Crippen LogP contribution in [0, 0.1) is 0 Å². The topological polar surface area (TPSA) is 74.9 Å². The molecule has 172 valence electrons. The van der Waals surface area contributed by atoms with E-state index < -0.39 is 6.23 Å². The third-order valence-electron chi connectivity index (χ3n) is 5.86. The molecular weight excluding hydrogens is 424 g/mol. The van der Waals surface area contributed by atoms with E-state index >= 15 is 0 Å². The van der Waals surface area contributed by atoms with E-state index in [1.54, 1.807) is 27.6 Å². The first-order chi connectivity index (χ1) is 16.2. The van der Waals surface area contributed by atoms with Crippen LogP contribution in [0.25, 0.3) is 0 Å². The van der Waals surface area contributed by atoms with Crippen molar-refractivity contribution in [3.8, 4) is 28.7 Å². The fourth-order valence-corrected chi connectivity index (χ4v) is 4.41. The summed E-state index contributed by atoms with van der Waals surface area (Å²) in [6.45, 7) is 2.50. The van der Waals surface area contributed by atoms with E-state index in [4.69, 9.17) is 33.2 Å². The Balaban J connectivity index is 1.65. The van der Waals surface area contributed by atoms with E-state index in [0.717, 1.165) is 28.3 Å². The second-order valence-corrected chi connectivity index (χ2v) is 7.66. The molecule has 2 aliphatic rings. The summed E-state index contributed by atoms with van der Waals surface area (Å²) < 4.78 is 34.8. The third-order valence-corrected chi connectivity index (χ3v) is 5.86. The van der Waals surface area contributed by atoms with Gasteiger partial charge in [0, 0.05) is 17.5 Å². The van der Waals surface area contributed by atoms with E-state index in [1.165, 1.54) is 0 Å². The number of hydrazone groups is 1. The van der Waals surface area contributed by atoms with Crippen LogP contribution in [-0.4, -0.2) is 38.7 Å². The predicted octanol–water partition coefficient (Wildman–Crippen LogP) is 4.95. The van der Waals surface area contributed by atoms with E-state index in [9.17, 15) is 0 Å². The molecule has 8 heteroatoms. The molecule has 0 N–H and O–H groups in total. The molecule has 2 aliphatic heterocycles. The van der Waals surface area contributed by atoms with Crippen LogP contribution in [0.1, 0.15) is 42.5 Å². The molecule has 0 aliphatic carbocycles. The van der Waals surface area contributed by atoms with Crippen molar-refractivity contribution in [1.82, 2.24) is 5.01 Å². The minimum Gasteiger partial charge on any atom is -0.493 e. The van der Waals surface area contributed by atoms with Crippen LogP contribution in [0.3, 0.4) is 0 Å². The molecule has 0 saturated heterocycles. The number of methoxy groups -OCH3 is 3. The van der Waals surface area contributed by atoms with Crippen molar-refractivity contribution in [3.05, 3.63) is 65.6 Å². The average molecular weight is 450 g/mol. The molecule has 5 rings (SSSR count). The normalized spacial score (nSPS) is 18.7. The van der Waals surface area contributed by atoms with Crippen LogP contribution in [0.4, 0.5) is 0 Å². The van der Waals surface area contributed by atoms with E-state index in [2.05, 4.69) is 6.07 Å². The lowest BCUT2D eigenvalue weighted by Gasteiger charge is -2.39. The van der Waals surface area contributed by atoms with Crippen LogP contribution in [0.15, 0.2) is 58.2 Å². The zero-order valence-electron chi connectivity index (χ0n) is 19.0. The average Bonchev–Trinajstić information content (AvgIpc) is 3.53. The molecule has 0 amide bonds. The number of para-hydroxylation sites is 1. The second-order valence-electron chi connectivity index (χ2n) is 7.66. The van der Waals surface area contributed by atoms with Gasteiger partial charge in [-0.15, -0.1) is 0 Å². The van der Waals surface area contributed by atoms with Crippen LogP contribution >= 0.6 is 0 Å². The van der Waals surface area contributed by atoms with E-state index in [0.29, 0.717) is 36.0 Å². The number of benzene rings is 2. The Hall–Kier alpha value is -3.81. The molecule has 3 heterocycles.